The van der Waals surface area contributed by atoms with Gasteiger partial charge >= 0.3 is 0 Å². The molecule has 0 saturated carbocycles. The lowest BCUT2D eigenvalue weighted by Gasteiger charge is -2.11. The molecule has 0 aliphatic rings. The quantitative estimate of drug-likeness (QED) is 0.174. The van der Waals surface area contributed by atoms with Crippen molar-refractivity contribution in [2.75, 3.05) is 0 Å². The van der Waals surface area contributed by atoms with Gasteiger partial charge in [-0.15, -0.1) is 0 Å². The third-order valence-electron chi connectivity index (χ3n) is 10.1. The SMILES string of the molecule is c1cncc(-c2ccc(-c3ccc4c(c3)c3cc(-c5ccc(-c6cccnc6)cc5)ccc3n4-c3ccc4cc5ccccc5cc4c3)cc2)c1. The molecule has 238 valence electrons. The van der Waals surface area contributed by atoms with Gasteiger partial charge in [-0.2, -0.15) is 0 Å². The summed E-state index contributed by atoms with van der Waals surface area (Å²) >= 11 is 0. The van der Waals surface area contributed by atoms with E-state index in [0.29, 0.717) is 0 Å². The van der Waals surface area contributed by atoms with Gasteiger partial charge in [-0.05, 0) is 127 Å². The largest absolute Gasteiger partial charge is 0.309 e. The summed E-state index contributed by atoms with van der Waals surface area (Å²) in [5.41, 5.74) is 12.8. The van der Waals surface area contributed by atoms with Crippen molar-refractivity contribution >= 4 is 43.4 Å². The maximum Gasteiger partial charge on any atom is 0.0541 e. The highest BCUT2D eigenvalue weighted by Gasteiger charge is 2.16. The maximum absolute atomic E-state index is 4.30. The molecule has 0 saturated heterocycles. The van der Waals surface area contributed by atoms with Crippen LogP contribution in [0.15, 0.2) is 189 Å². The molecule has 3 heteroatoms. The molecule has 51 heavy (non-hydrogen) atoms. The molecule has 0 unspecified atom stereocenters. The summed E-state index contributed by atoms with van der Waals surface area (Å²) < 4.78 is 2.42. The smallest absolute Gasteiger partial charge is 0.0541 e. The van der Waals surface area contributed by atoms with Crippen molar-refractivity contribution in [2.24, 2.45) is 0 Å². The van der Waals surface area contributed by atoms with Gasteiger partial charge in [-0.1, -0.05) is 103 Å². The summed E-state index contributed by atoms with van der Waals surface area (Å²) in [5.74, 6) is 0. The van der Waals surface area contributed by atoms with Gasteiger partial charge in [-0.3, -0.25) is 9.97 Å². The lowest BCUT2D eigenvalue weighted by Crippen LogP contribution is -1.94. The van der Waals surface area contributed by atoms with Crippen LogP contribution in [0, 0.1) is 0 Å². The van der Waals surface area contributed by atoms with E-state index >= 15 is 0 Å². The minimum absolute atomic E-state index is 1.12. The van der Waals surface area contributed by atoms with E-state index in [1.54, 1.807) is 0 Å². The van der Waals surface area contributed by atoms with Gasteiger partial charge < -0.3 is 4.57 Å². The summed E-state index contributed by atoms with van der Waals surface area (Å²) in [5, 5.41) is 7.45. The number of hydrogen-bond donors (Lipinski definition) is 0. The van der Waals surface area contributed by atoms with E-state index in [0.717, 1.165) is 27.9 Å². The predicted molar refractivity (Wildman–Crippen MR) is 213 cm³/mol. The molecule has 10 rings (SSSR count). The number of fused-ring (bicyclic) bond motifs is 5. The molecule has 7 aromatic carbocycles. The lowest BCUT2D eigenvalue weighted by molar-refractivity contribution is 1.19. The zero-order valence-electron chi connectivity index (χ0n) is 27.7. The fourth-order valence-electron chi connectivity index (χ4n) is 7.50. The molecular formula is C48H31N3. The van der Waals surface area contributed by atoms with Crippen molar-refractivity contribution in [3.05, 3.63) is 189 Å². The van der Waals surface area contributed by atoms with Gasteiger partial charge in [0.25, 0.3) is 0 Å². The molecule has 0 atom stereocenters. The van der Waals surface area contributed by atoms with Crippen molar-refractivity contribution in [3.63, 3.8) is 0 Å². The maximum atomic E-state index is 4.30. The van der Waals surface area contributed by atoms with Crippen LogP contribution in [-0.2, 0) is 0 Å². The van der Waals surface area contributed by atoms with Gasteiger partial charge in [0.1, 0.15) is 0 Å². The first kappa shape index (κ1) is 29.1. The molecule has 10 aromatic rings. The van der Waals surface area contributed by atoms with E-state index in [9.17, 15) is 0 Å². The highest BCUT2D eigenvalue weighted by atomic mass is 15.0. The number of pyridine rings is 2. The summed E-state index contributed by atoms with van der Waals surface area (Å²) in [6, 6.07) is 59.6. The Morgan fingerprint density at radius 1 is 0.314 bits per heavy atom. The molecular weight excluding hydrogens is 619 g/mol. The minimum atomic E-state index is 1.12. The minimum Gasteiger partial charge on any atom is -0.309 e. The molecule has 0 spiro atoms. The molecule has 0 aliphatic heterocycles. The molecule has 3 heterocycles. The van der Waals surface area contributed by atoms with Gasteiger partial charge in [0.15, 0.2) is 0 Å². The molecule has 0 radical (unpaired) electrons. The Balaban J connectivity index is 1.13. The Labute approximate surface area is 295 Å². The highest BCUT2D eigenvalue weighted by molar-refractivity contribution is 6.12. The van der Waals surface area contributed by atoms with E-state index in [1.807, 2.05) is 36.9 Å². The third kappa shape index (κ3) is 5.15. The summed E-state index contributed by atoms with van der Waals surface area (Å²) in [4.78, 5) is 8.61. The Morgan fingerprint density at radius 3 is 1.25 bits per heavy atom. The van der Waals surface area contributed by atoms with E-state index in [-0.39, 0.29) is 0 Å². The Morgan fingerprint density at radius 2 is 0.765 bits per heavy atom. The van der Waals surface area contributed by atoms with Gasteiger partial charge in [-0.25, -0.2) is 0 Å². The number of hydrogen-bond acceptors (Lipinski definition) is 2. The van der Waals surface area contributed by atoms with Crippen molar-refractivity contribution in [1.29, 1.82) is 0 Å². The molecule has 0 amide bonds. The average Bonchev–Trinajstić information content (AvgIpc) is 3.53. The van der Waals surface area contributed by atoms with Crippen molar-refractivity contribution in [3.8, 4) is 50.2 Å². The first-order valence-electron chi connectivity index (χ1n) is 17.3. The van der Waals surface area contributed by atoms with Crippen LogP contribution in [0.5, 0.6) is 0 Å². The second kappa shape index (κ2) is 11.9. The second-order valence-electron chi connectivity index (χ2n) is 13.2. The van der Waals surface area contributed by atoms with Crippen LogP contribution in [0.1, 0.15) is 0 Å². The van der Waals surface area contributed by atoms with Crippen LogP contribution in [0.4, 0.5) is 0 Å². The molecule has 3 aromatic heterocycles. The Hall–Kier alpha value is -6.84. The number of rotatable bonds is 5. The van der Waals surface area contributed by atoms with Crippen molar-refractivity contribution in [1.82, 2.24) is 14.5 Å². The Kier molecular flexibility index (Phi) is 6.81. The number of aromatic nitrogens is 3. The number of nitrogens with zero attached hydrogens (tertiary/aromatic N) is 3. The normalized spacial score (nSPS) is 11.5. The fraction of sp³-hybridized carbons (Fsp3) is 0. The van der Waals surface area contributed by atoms with E-state index in [2.05, 4.69) is 166 Å². The summed E-state index contributed by atoms with van der Waals surface area (Å²) in [7, 11) is 0. The molecule has 3 nitrogen and oxygen atoms in total. The number of benzene rings is 7. The lowest BCUT2D eigenvalue weighted by atomic mass is 9.98. The van der Waals surface area contributed by atoms with Gasteiger partial charge in [0, 0.05) is 41.2 Å². The third-order valence-corrected chi connectivity index (χ3v) is 10.1. The average molecular weight is 650 g/mol. The van der Waals surface area contributed by atoms with Crippen LogP contribution in [-0.4, -0.2) is 14.5 Å². The Bertz CT molecular complexity index is 2730. The van der Waals surface area contributed by atoms with E-state index in [1.165, 1.54) is 65.6 Å². The van der Waals surface area contributed by atoms with Crippen LogP contribution < -0.4 is 0 Å². The van der Waals surface area contributed by atoms with Crippen LogP contribution in [0.3, 0.4) is 0 Å². The molecule has 0 aliphatic carbocycles. The summed E-state index contributed by atoms with van der Waals surface area (Å²) in [6.07, 6.45) is 7.45. The van der Waals surface area contributed by atoms with Crippen molar-refractivity contribution < 1.29 is 0 Å². The first-order chi connectivity index (χ1) is 25.2. The zero-order valence-corrected chi connectivity index (χ0v) is 27.7. The van der Waals surface area contributed by atoms with Crippen LogP contribution in [0.25, 0.3) is 93.5 Å². The van der Waals surface area contributed by atoms with E-state index in [4.69, 9.17) is 0 Å². The van der Waals surface area contributed by atoms with Crippen molar-refractivity contribution in [2.45, 2.75) is 0 Å². The highest BCUT2D eigenvalue weighted by Crippen LogP contribution is 2.38. The molecule has 0 fully saturated rings. The summed E-state index contributed by atoms with van der Waals surface area (Å²) in [6.45, 7) is 0. The monoisotopic (exact) mass is 649 g/mol. The molecule has 0 bridgehead atoms. The molecule has 0 N–H and O–H groups in total. The topological polar surface area (TPSA) is 30.7 Å². The predicted octanol–water partition coefficient (Wildman–Crippen LogP) is 12.5. The van der Waals surface area contributed by atoms with Crippen LogP contribution >= 0.6 is 0 Å². The standard InChI is InChI=1S/C48H31N3/c1-2-6-37-26-43-27-44(20-17-38(43)25-36(37)5-1)51-47-21-18-39(32-9-13-34(14-10-32)41-7-3-23-49-30-41)28-45(47)46-29-40(19-22-48(46)51)33-11-15-35(16-12-33)42-8-4-24-50-31-42/h1-31H. The zero-order chi connectivity index (χ0) is 33.7. The first-order valence-corrected chi connectivity index (χ1v) is 17.3. The van der Waals surface area contributed by atoms with Gasteiger partial charge in [0.2, 0.25) is 0 Å². The van der Waals surface area contributed by atoms with Gasteiger partial charge in [0.05, 0.1) is 11.0 Å². The fourth-order valence-corrected chi connectivity index (χ4v) is 7.50. The van der Waals surface area contributed by atoms with E-state index < -0.39 is 0 Å². The second-order valence-corrected chi connectivity index (χ2v) is 13.2. The van der Waals surface area contributed by atoms with Crippen LogP contribution in [0.2, 0.25) is 0 Å².